The van der Waals surface area contributed by atoms with Gasteiger partial charge in [-0.25, -0.2) is 8.42 Å². The van der Waals surface area contributed by atoms with E-state index in [0.717, 1.165) is 11.1 Å². The number of sulfone groups is 1. The first-order valence-corrected chi connectivity index (χ1v) is 7.46. The highest BCUT2D eigenvalue weighted by atomic mass is 32.2. The third-order valence-corrected chi connectivity index (χ3v) is 4.14. The van der Waals surface area contributed by atoms with Gasteiger partial charge in [0.05, 0.1) is 11.5 Å². The molecule has 1 aromatic rings. The molecule has 4 heteroatoms. The van der Waals surface area contributed by atoms with Crippen LogP contribution in [0.1, 0.15) is 30.9 Å². The van der Waals surface area contributed by atoms with Crippen LogP contribution >= 0.6 is 0 Å². The Balaban J connectivity index is 2.57. The van der Waals surface area contributed by atoms with E-state index in [2.05, 4.69) is 0 Å². The van der Waals surface area contributed by atoms with Crippen molar-refractivity contribution in [2.24, 2.45) is 0 Å². The molecule has 0 saturated heterocycles. The molecule has 0 saturated carbocycles. The number of rotatable bonds is 6. The van der Waals surface area contributed by atoms with E-state index < -0.39 is 9.84 Å². The molecule has 0 amide bonds. The molecule has 0 spiro atoms. The van der Waals surface area contributed by atoms with Gasteiger partial charge in [-0.15, -0.1) is 0 Å². The van der Waals surface area contributed by atoms with Crippen molar-refractivity contribution in [2.45, 2.75) is 32.4 Å². The topological polar surface area (TPSA) is 51.2 Å². The van der Waals surface area contributed by atoms with Crippen molar-refractivity contribution in [3.05, 3.63) is 35.4 Å². The van der Waals surface area contributed by atoms with E-state index >= 15 is 0 Å². The number of benzene rings is 1. The van der Waals surface area contributed by atoms with Crippen LogP contribution in [0.15, 0.2) is 24.3 Å². The zero-order valence-electron chi connectivity index (χ0n) is 10.3. The SMILES string of the molecule is CC(=O)CCCS(=O)(=O)Cc1cccc(C)c1. The number of hydrogen-bond donors (Lipinski definition) is 0. The van der Waals surface area contributed by atoms with Crippen LogP contribution in [0.5, 0.6) is 0 Å². The van der Waals surface area contributed by atoms with Gasteiger partial charge in [-0.2, -0.15) is 0 Å². The highest BCUT2D eigenvalue weighted by Gasteiger charge is 2.12. The molecule has 3 nitrogen and oxygen atoms in total. The Labute approximate surface area is 103 Å². The minimum atomic E-state index is -3.10. The van der Waals surface area contributed by atoms with Crippen molar-refractivity contribution in [3.63, 3.8) is 0 Å². The summed E-state index contributed by atoms with van der Waals surface area (Å²) in [4.78, 5) is 10.7. The molecule has 0 heterocycles. The van der Waals surface area contributed by atoms with E-state index in [1.54, 1.807) is 0 Å². The van der Waals surface area contributed by atoms with Crippen LogP contribution in [0.3, 0.4) is 0 Å². The lowest BCUT2D eigenvalue weighted by atomic mass is 10.2. The number of ketones is 1. The minimum absolute atomic E-state index is 0.0377. The summed E-state index contributed by atoms with van der Waals surface area (Å²) in [7, 11) is -3.10. The van der Waals surface area contributed by atoms with Gasteiger partial charge < -0.3 is 4.79 Å². The van der Waals surface area contributed by atoms with E-state index in [9.17, 15) is 13.2 Å². The van der Waals surface area contributed by atoms with Crippen molar-refractivity contribution in [1.82, 2.24) is 0 Å². The largest absolute Gasteiger partial charge is 0.300 e. The molecule has 0 aliphatic rings. The number of Topliss-reactive ketones (excluding diaryl/α,β-unsaturated/α-hetero) is 1. The fourth-order valence-corrected chi connectivity index (χ4v) is 3.08. The zero-order chi connectivity index (χ0) is 12.9. The van der Waals surface area contributed by atoms with E-state index in [1.165, 1.54) is 6.92 Å². The van der Waals surface area contributed by atoms with Gasteiger partial charge in [0, 0.05) is 6.42 Å². The summed E-state index contributed by atoms with van der Waals surface area (Å²) in [6, 6.07) is 7.49. The highest BCUT2D eigenvalue weighted by molar-refractivity contribution is 7.90. The van der Waals surface area contributed by atoms with Crippen LogP contribution in [0, 0.1) is 6.92 Å². The molecule has 0 aliphatic heterocycles. The van der Waals surface area contributed by atoms with Gasteiger partial charge >= 0.3 is 0 Å². The maximum absolute atomic E-state index is 11.8. The third kappa shape index (κ3) is 5.63. The predicted molar refractivity (Wildman–Crippen MR) is 68.6 cm³/mol. The Morgan fingerprint density at radius 3 is 2.59 bits per heavy atom. The van der Waals surface area contributed by atoms with Gasteiger partial charge in [0.2, 0.25) is 0 Å². The molecular weight excluding hydrogens is 236 g/mol. The lowest BCUT2D eigenvalue weighted by Crippen LogP contribution is -2.10. The Morgan fingerprint density at radius 1 is 1.29 bits per heavy atom. The molecule has 0 unspecified atom stereocenters. The summed E-state index contributed by atoms with van der Waals surface area (Å²) in [5.41, 5.74) is 1.87. The summed E-state index contributed by atoms with van der Waals surface area (Å²) in [6.07, 6.45) is 0.760. The third-order valence-electron chi connectivity index (χ3n) is 2.45. The fraction of sp³-hybridized carbons (Fsp3) is 0.462. The van der Waals surface area contributed by atoms with Crippen LogP contribution < -0.4 is 0 Å². The standard InChI is InChI=1S/C13H18O3S/c1-11-5-3-7-13(9-11)10-17(15,16)8-4-6-12(2)14/h3,5,7,9H,4,6,8,10H2,1-2H3. The van der Waals surface area contributed by atoms with Crippen LogP contribution in [-0.2, 0) is 20.4 Å². The average Bonchev–Trinajstić information content (AvgIpc) is 2.15. The second-order valence-corrected chi connectivity index (χ2v) is 6.57. The molecule has 0 aromatic heterocycles. The Kier molecular flexibility index (Phi) is 4.87. The molecular formula is C13H18O3S. The molecule has 0 fully saturated rings. The number of aryl methyl sites for hydroxylation is 1. The predicted octanol–water partition coefficient (Wildman–Crippen LogP) is 2.28. The van der Waals surface area contributed by atoms with Crippen LogP contribution in [-0.4, -0.2) is 20.0 Å². The van der Waals surface area contributed by atoms with Crippen LogP contribution in [0.4, 0.5) is 0 Å². The first-order valence-electron chi connectivity index (χ1n) is 5.64. The molecule has 0 bridgehead atoms. The summed E-state index contributed by atoms with van der Waals surface area (Å²) in [5.74, 6) is 0.184. The number of carbonyl (C=O) groups is 1. The molecule has 0 radical (unpaired) electrons. The fourth-order valence-electron chi connectivity index (χ4n) is 1.67. The molecule has 0 aliphatic carbocycles. The van der Waals surface area contributed by atoms with Gasteiger partial charge in [0.15, 0.2) is 9.84 Å². The number of carbonyl (C=O) groups excluding carboxylic acids is 1. The van der Waals surface area contributed by atoms with Crippen molar-refractivity contribution in [3.8, 4) is 0 Å². The van der Waals surface area contributed by atoms with Crippen molar-refractivity contribution in [2.75, 3.05) is 5.75 Å². The monoisotopic (exact) mass is 254 g/mol. The molecule has 17 heavy (non-hydrogen) atoms. The molecule has 1 rings (SSSR count). The number of hydrogen-bond acceptors (Lipinski definition) is 3. The Hall–Kier alpha value is -1.16. The first kappa shape index (κ1) is 13.9. The van der Waals surface area contributed by atoms with E-state index in [0.29, 0.717) is 12.8 Å². The first-order chi connectivity index (χ1) is 7.89. The van der Waals surface area contributed by atoms with E-state index in [4.69, 9.17) is 0 Å². The van der Waals surface area contributed by atoms with Crippen molar-refractivity contribution < 1.29 is 13.2 Å². The molecule has 1 aromatic carbocycles. The summed E-state index contributed by atoms with van der Waals surface area (Å²) in [5, 5.41) is 0. The molecule has 94 valence electrons. The van der Waals surface area contributed by atoms with Crippen molar-refractivity contribution in [1.29, 1.82) is 0 Å². The van der Waals surface area contributed by atoms with Gasteiger partial charge in [0.1, 0.15) is 5.78 Å². The van der Waals surface area contributed by atoms with E-state index in [-0.39, 0.29) is 17.3 Å². The Bertz CT molecular complexity index is 489. The van der Waals surface area contributed by atoms with Crippen LogP contribution in [0.2, 0.25) is 0 Å². The molecule has 0 N–H and O–H groups in total. The van der Waals surface area contributed by atoms with Gasteiger partial charge in [-0.3, -0.25) is 0 Å². The lowest BCUT2D eigenvalue weighted by molar-refractivity contribution is -0.117. The van der Waals surface area contributed by atoms with Gasteiger partial charge in [-0.05, 0) is 25.8 Å². The van der Waals surface area contributed by atoms with Crippen molar-refractivity contribution >= 4 is 15.6 Å². The summed E-state index contributed by atoms with van der Waals surface area (Å²) >= 11 is 0. The minimum Gasteiger partial charge on any atom is -0.300 e. The lowest BCUT2D eigenvalue weighted by Gasteiger charge is -2.04. The van der Waals surface area contributed by atoms with Gasteiger partial charge in [-0.1, -0.05) is 29.8 Å². The maximum Gasteiger partial charge on any atom is 0.154 e. The average molecular weight is 254 g/mol. The maximum atomic E-state index is 11.8. The summed E-state index contributed by atoms with van der Waals surface area (Å²) in [6.45, 7) is 3.42. The van der Waals surface area contributed by atoms with E-state index in [1.807, 2.05) is 31.2 Å². The quantitative estimate of drug-likeness (QED) is 0.782. The molecule has 0 atom stereocenters. The Morgan fingerprint density at radius 2 is 2.00 bits per heavy atom. The smallest absolute Gasteiger partial charge is 0.154 e. The second kappa shape index (κ2) is 5.96. The summed E-state index contributed by atoms with van der Waals surface area (Å²) < 4.78 is 23.6. The zero-order valence-corrected chi connectivity index (χ0v) is 11.1. The van der Waals surface area contributed by atoms with Crippen LogP contribution in [0.25, 0.3) is 0 Å². The second-order valence-electron chi connectivity index (χ2n) is 4.39. The van der Waals surface area contributed by atoms with Gasteiger partial charge in [0.25, 0.3) is 0 Å². The normalized spacial score (nSPS) is 11.4. The highest BCUT2D eigenvalue weighted by Crippen LogP contribution is 2.10.